The largest absolute Gasteiger partial charge is 0.486 e. The van der Waals surface area contributed by atoms with Crippen LogP contribution in [-0.2, 0) is 9.59 Å². The quantitative estimate of drug-likeness (QED) is 0.371. The predicted molar refractivity (Wildman–Crippen MR) is 156 cm³/mol. The smallest absolute Gasteiger partial charge is 0.258 e. The van der Waals surface area contributed by atoms with Crippen molar-refractivity contribution in [1.29, 1.82) is 0 Å². The first-order valence-corrected chi connectivity index (χ1v) is 13.2. The first kappa shape index (κ1) is 26.6. The van der Waals surface area contributed by atoms with Crippen LogP contribution in [-0.4, -0.2) is 57.1 Å². The van der Waals surface area contributed by atoms with Gasteiger partial charge in [-0.05, 0) is 81.7 Å². The minimum absolute atomic E-state index is 0.00792. The summed E-state index contributed by atoms with van der Waals surface area (Å²) in [5.41, 5.74) is 4.88. The number of fused-ring (bicyclic) bond motifs is 2. The van der Waals surface area contributed by atoms with Crippen LogP contribution in [0.25, 0.3) is 11.3 Å². The number of ether oxygens (including phenoxy) is 2. The van der Waals surface area contributed by atoms with Crippen LogP contribution in [0, 0.1) is 0 Å². The molecule has 39 heavy (non-hydrogen) atoms. The number of hydrogen-bond acceptors (Lipinski definition) is 6. The van der Waals surface area contributed by atoms with E-state index in [2.05, 4.69) is 15.5 Å². The van der Waals surface area contributed by atoms with Crippen LogP contribution >= 0.6 is 11.6 Å². The van der Waals surface area contributed by atoms with Crippen molar-refractivity contribution in [3.63, 3.8) is 0 Å². The molecular formula is C30H31ClN4O4. The van der Waals surface area contributed by atoms with Crippen molar-refractivity contribution < 1.29 is 19.1 Å². The summed E-state index contributed by atoms with van der Waals surface area (Å²) in [4.78, 5) is 29.5. The zero-order valence-electron chi connectivity index (χ0n) is 22.2. The van der Waals surface area contributed by atoms with Crippen molar-refractivity contribution >= 4 is 51.7 Å². The fourth-order valence-electron chi connectivity index (χ4n) is 4.75. The Hall–Kier alpha value is -4.01. The van der Waals surface area contributed by atoms with Crippen LogP contribution in [0.1, 0.15) is 24.5 Å². The lowest BCUT2D eigenvalue weighted by Gasteiger charge is -2.23. The molecule has 0 fully saturated rings. The van der Waals surface area contributed by atoms with Crippen molar-refractivity contribution in [2.45, 2.75) is 13.3 Å². The van der Waals surface area contributed by atoms with Crippen LogP contribution in [0.5, 0.6) is 11.5 Å². The minimum atomic E-state index is -0.232. The highest BCUT2D eigenvalue weighted by Gasteiger charge is 2.29. The molecule has 0 bridgehead atoms. The van der Waals surface area contributed by atoms with Gasteiger partial charge in [-0.2, -0.15) is 0 Å². The van der Waals surface area contributed by atoms with Crippen molar-refractivity contribution in [2.24, 2.45) is 0 Å². The SMILES string of the molecule is CC(=O)N(CCCN(C)C)c1ccc(NC(=C2C(=O)Nc3cc(Cl)ccc32)c2ccc3c(c2)OCCO3)cc1. The summed E-state index contributed by atoms with van der Waals surface area (Å²) < 4.78 is 11.5. The molecule has 2 amide bonds. The molecule has 0 atom stereocenters. The second-order valence-corrected chi connectivity index (χ2v) is 10.2. The van der Waals surface area contributed by atoms with Gasteiger partial charge in [0, 0.05) is 41.0 Å². The van der Waals surface area contributed by atoms with Crippen molar-refractivity contribution in [3.05, 3.63) is 76.8 Å². The Labute approximate surface area is 233 Å². The molecule has 0 saturated carbocycles. The Bertz CT molecular complexity index is 1440. The Balaban J connectivity index is 1.51. The van der Waals surface area contributed by atoms with Gasteiger partial charge in [-0.15, -0.1) is 0 Å². The molecule has 2 N–H and O–H groups in total. The topological polar surface area (TPSA) is 83.1 Å². The number of anilines is 3. The third kappa shape index (κ3) is 5.87. The number of nitrogens with one attached hydrogen (secondary N) is 2. The first-order chi connectivity index (χ1) is 18.8. The van der Waals surface area contributed by atoms with Gasteiger partial charge < -0.3 is 29.9 Å². The van der Waals surface area contributed by atoms with Crippen molar-refractivity contribution in [3.8, 4) is 11.5 Å². The molecule has 5 rings (SSSR count). The van der Waals surface area contributed by atoms with Gasteiger partial charge in [-0.3, -0.25) is 9.59 Å². The molecule has 2 aliphatic heterocycles. The maximum atomic E-state index is 13.2. The highest BCUT2D eigenvalue weighted by molar-refractivity contribution is 6.38. The molecule has 0 spiro atoms. The number of hydrogen-bond donors (Lipinski definition) is 2. The number of carbonyl (C=O) groups is 2. The lowest BCUT2D eigenvalue weighted by Crippen LogP contribution is -2.31. The van der Waals surface area contributed by atoms with Gasteiger partial charge in [0.15, 0.2) is 11.5 Å². The molecule has 2 heterocycles. The van der Waals surface area contributed by atoms with E-state index in [4.69, 9.17) is 21.1 Å². The van der Waals surface area contributed by atoms with E-state index >= 15 is 0 Å². The average molecular weight is 547 g/mol. The third-order valence-electron chi connectivity index (χ3n) is 6.62. The summed E-state index contributed by atoms with van der Waals surface area (Å²) >= 11 is 6.19. The van der Waals surface area contributed by atoms with Crippen molar-refractivity contribution in [1.82, 2.24) is 4.90 Å². The second-order valence-electron chi connectivity index (χ2n) is 9.75. The number of halogens is 1. The summed E-state index contributed by atoms with van der Waals surface area (Å²) in [6, 6.07) is 18.6. The van der Waals surface area contributed by atoms with Crippen LogP contribution in [0.4, 0.5) is 17.1 Å². The van der Waals surface area contributed by atoms with E-state index in [-0.39, 0.29) is 11.8 Å². The Morgan fingerprint density at radius 3 is 2.44 bits per heavy atom. The molecule has 202 valence electrons. The molecule has 0 aliphatic carbocycles. The summed E-state index contributed by atoms with van der Waals surface area (Å²) in [7, 11) is 4.04. The fraction of sp³-hybridized carbons (Fsp3) is 0.267. The van der Waals surface area contributed by atoms with Gasteiger partial charge in [0.2, 0.25) is 5.91 Å². The molecule has 3 aromatic carbocycles. The van der Waals surface area contributed by atoms with E-state index in [1.54, 1.807) is 24.0 Å². The van der Waals surface area contributed by atoms with E-state index in [9.17, 15) is 9.59 Å². The number of nitrogens with zero attached hydrogens (tertiary/aromatic N) is 2. The summed E-state index contributed by atoms with van der Waals surface area (Å²) in [6.45, 7) is 4.06. The molecule has 8 nitrogen and oxygen atoms in total. The molecule has 3 aromatic rings. The molecule has 9 heteroatoms. The van der Waals surface area contributed by atoms with Crippen LogP contribution < -0.4 is 25.0 Å². The maximum Gasteiger partial charge on any atom is 0.258 e. The van der Waals surface area contributed by atoms with Gasteiger partial charge in [0.05, 0.1) is 17.0 Å². The molecule has 0 saturated heterocycles. The molecule has 2 aliphatic rings. The summed E-state index contributed by atoms with van der Waals surface area (Å²) in [6.07, 6.45) is 0.867. The Morgan fingerprint density at radius 2 is 1.72 bits per heavy atom. The molecule has 0 aromatic heterocycles. The normalized spacial score (nSPS) is 15.1. The third-order valence-corrected chi connectivity index (χ3v) is 6.86. The van der Waals surface area contributed by atoms with Crippen LogP contribution in [0.2, 0.25) is 5.02 Å². The van der Waals surface area contributed by atoms with E-state index in [0.717, 1.165) is 35.5 Å². The van der Waals surface area contributed by atoms with Crippen LogP contribution in [0.15, 0.2) is 60.7 Å². The predicted octanol–water partition coefficient (Wildman–Crippen LogP) is 5.35. The highest BCUT2D eigenvalue weighted by atomic mass is 35.5. The van der Waals surface area contributed by atoms with Gasteiger partial charge in [0.25, 0.3) is 5.91 Å². The van der Waals surface area contributed by atoms with E-state index in [0.29, 0.717) is 53.2 Å². The van der Waals surface area contributed by atoms with E-state index in [1.165, 1.54) is 0 Å². The standard InChI is InChI=1S/C30H31ClN4O4/c1-19(36)35(14-4-13-34(2)3)23-9-7-22(8-10-23)32-29(20-5-12-26-27(17-20)39-16-15-38-26)28-24-11-6-21(31)18-25(24)33-30(28)37/h5-12,17-18,32H,4,13-16H2,1-3H3,(H,33,37). The van der Waals surface area contributed by atoms with Crippen LogP contribution in [0.3, 0.4) is 0 Å². The lowest BCUT2D eigenvalue weighted by atomic mass is 9.99. The number of carbonyl (C=O) groups excluding carboxylic acids is 2. The van der Waals surface area contributed by atoms with Gasteiger partial charge in [0.1, 0.15) is 13.2 Å². The Kier molecular flexibility index (Phi) is 7.77. The van der Waals surface area contributed by atoms with Gasteiger partial charge >= 0.3 is 0 Å². The number of benzene rings is 3. The highest BCUT2D eigenvalue weighted by Crippen LogP contribution is 2.41. The maximum absolute atomic E-state index is 13.2. The fourth-order valence-corrected chi connectivity index (χ4v) is 4.93. The zero-order chi connectivity index (χ0) is 27.5. The van der Waals surface area contributed by atoms with Crippen molar-refractivity contribution in [2.75, 3.05) is 55.9 Å². The average Bonchev–Trinajstić information content (AvgIpc) is 3.24. The second kappa shape index (κ2) is 11.4. The lowest BCUT2D eigenvalue weighted by molar-refractivity contribution is -0.116. The number of amides is 2. The number of rotatable bonds is 8. The summed E-state index contributed by atoms with van der Waals surface area (Å²) in [5.74, 6) is 1.05. The summed E-state index contributed by atoms with van der Waals surface area (Å²) in [5, 5.41) is 6.93. The van der Waals surface area contributed by atoms with E-state index < -0.39 is 0 Å². The van der Waals surface area contributed by atoms with E-state index in [1.807, 2.05) is 62.6 Å². The Morgan fingerprint density at radius 1 is 0.974 bits per heavy atom. The molecule has 0 radical (unpaired) electrons. The minimum Gasteiger partial charge on any atom is -0.486 e. The van der Waals surface area contributed by atoms with Gasteiger partial charge in [-0.1, -0.05) is 17.7 Å². The molecule has 0 unspecified atom stereocenters. The molecular weight excluding hydrogens is 516 g/mol. The monoisotopic (exact) mass is 546 g/mol. The van der Waals surface area contributed by atoms with Gasteiger partial charge in [-0.25, -0.2) is 0 Å². The first-order valence-electron chi connectivity index (χ1n) is 12.9. The zero-order valence-corrected chi connectivity index (χ0v) is 23.0.